The highest BCUT2D eigenvalue weighted by Crippen LogP contribution is 2.20. The SMILES string of the molecule is Cl.Cl.O=C(NC1CCNCC1)C1CCCN1Cc1ccccc1. The van der Waals surface area contributed by atoms with Gasteiger partial charge in [-0.3, -0.25) is 9.69 Å². The van der Waals surface area contributed by atoms with Gasteiger partial charge >= 0.3 is 0 Å². The second kappa shape index (κ2) is 10.1. The maximum Gasteiger partial charge on any atom is 0.237 e. The Morgan fingerprint density at radius 3 is 2.52 bits per heavy atom. The van der Waals surface area contributed by atoms with Crippen LogP contribution in [0.5, 0.6) is 0 Å². The minimum Gasteiger partial charge on any atom is -0.352 e. The molecule has 2 saturated heterocycles. The lowest BCUT2D eigenvalue weighted by Crippen LogP contribution is -2.49. The molecule has 1 amide bonds. The Kier molecular flexibility index (Phi) is 8.92. The van der Waals surface area contributed by atoms with Crippen molar-refractivity contribution in [1.29, 1.82) is 0 Å². The third-order valence-corrected chi connectivity index (χ3v) is 4.58. The van der Waals surface area contributed by atoms with Crippen LogP contribution in [0.1, 0.15) is 31.2 Å². The fraction of sp³-hybridized carbons (Fsp3) is 0.588. The number of halogens is 2. The molecule has 2 aliphatic rings. The smallest absolute Gasteiger partial charge is 0.237 e. The predicted octanol–water partition coefficient (Wildman–Crippen LogP) is 2.36. The first kappa shape index (κ1) is 20.2. The molecule has 2 heterocycles. The molecule has 3 rings (SSSR count). The molecule has 1 unspecified atom stereocenters. The summed E-state index contributed by atoms with van der Waals surface area (Å²) >= 11 is 0. The number of hydrogen-bond acceptors (Lipinski definition) is 3. The number of carbonyl (C=O) groups is 1. The molecule has 0 aromatic heterocycles. The summed E-state index contributed by atoms with van der Waals surface area (Å²) in [6.07, 6.45) is 4.22. The van der Waals surface area contributed by atoms with Crippen molar-refractivity contribution in [3.8, 4) is 0 Å². The molecular formula is C17H27Cl2N3O. The average molecular weight is 360 g/mol. The Hall–Kier alpha value is -0.810. The van der Waals surface area contributed by atoms with Crippen molar-refractivity contribution in [1.82, 2.24) is 15.5 Å². The summed E-state index contributed by atoms with van der Waals surface area (Å²) in [5.41, 5.74) is 1.29. The Morgan fingerprint density at radius 2 is 1.83 bits per heavy atom. The van der Waals surface area contributed by atoms with Crippen LogP contribution in [0.25, 0.3) is 0 Å². The standard InChI is InChI=1S/C17H25N3O.2ClH/c21-17(19-15-8-10-18-11-9-15)16-7-4-12-20(16)13-14-5-2-1-3-6-14;;/h1-3,5-6,15-16,18H,4,7-13H2,(H,19,21);2*1H. The van der Waals surface area contributed by atoms with E-state index in [-0.39, 0.29) is 36.8 Å². The first-order valence-corrected chi connectivity index (χ1v) is 8.12. The summed E-state index contributed by atoms with van der Waals surface area (Å²) in [7, 11) is 0. The first-order valence-electron chi connectivity index (χ1n) is 8.12. The molecular weight excluding hydrogens is 333 g/mol. The minimum absolute atomic E-state index is 0. The lowest BCUT2D eigenvalue weighted by Gasteiger charge is -2.28. The van der Waals surface area contributed by atoms with Crippen LogP contribution in [-0.4, -0.2) is 42.5 Å². The van der Waals surface area contributed by atoms with E-state index in [9.17, 15) is 4.79 Å². The maximum atomic E-state index is 12.5. The molecule has 2 fully saturated rings. The maximum absolute atomic E-state index is 12.5. The number of nitrogens with one attached hydrogen (secondary N) is 2. The molecule has 2 aliphatic heterocycles. The summed E-state index contributed by atoms with van der Waals surface area (Å²) in [5, 5.41) is 6.59. The lowest BCUT2D eigenvalue weighted by atomic mass is 10.1. The minimum atomic E-state index is 0. The van der Waals surface area contributed by atoms with E-state index >= 15 is 0 Å². The van der Waals surface area contributed by atoms with Gasteiger partial charge in [-0.1, -0.05) is 30.3 Å². The van der Waals surface area contributed by atoms with Crippen LogP contribution in [0.15, 0.2) is 30.3 Å². The molecule has 0 spiro atoms. The molecule has 2 N–H and O–H groups in total. The number of rotatable bonds is 4. The largest absolute Gasteiger partial charge is 0.352 e. The highest BCUT2D eigenvalue weighted by Gasteiger charge is 2.31. The van der Waals surface area contributed by atoms with Crippen LogP contribution >= 0.6 is 24.8 Å². The van der Waals surface area contributed by atoms with Gasteiger partial charge in [-0.15, -0.1) is 24.8 Å². The zero-order chi connectivity index (χ0) is 14.5. The topological polar surface area (TPSA) is 44.4 Å². The van der Waals surface area contributed by atoms with Crippen molar-refractivity contribution < 1.29 is 4.79 Å². The third-order valence-electron chi connectivity index (χ3n) is 4.58. The first-order chi connectivity index (χ1) is 10.3. The van der Waals surface area contributed by atoms with E-state index in [0.29, 0.717) is 6.04 Å². The van der Waals surface area contributed by atoms with Gasteiger partial charge in [0.25, 0.3) is 0 Å². The number of carbonyl (C=O) groups excluding carboxylic acids is 1. The van der Waals surface area contributed by atoms with Gasteiger partial charge in [0.2, 0.25) is 5.91 Å². The zero-order valence-electron chi connectivity index (χ0n) is 13.4. The number of likely N-dealkylation sites (tertiary alicyclic amines) is 1. The van der Waals surface area contributed by atoms with Gasteiger partial charge in [-0.25, -0.2) is 0 Å². The van der Waals surface area contributed by atoms with Crippen LogP contribution in [0, 0.1) is 0 Å². The van der Waals surface area contributed by atoms with Crippen molar-refractivity contribution in [2.24, 2.45) is 0 Å². The summed E-state index contributed by atoms with van der Waals surface area (Å²) in [6.45, 7) is 3.94. The average Bonchev–Trinajstić information content (AvgIpc) is 2.97. The highest BCUT2D eigenvalue weighted by molar-refractivity contribution is 5.85. The number of nitrogens with zero attached hydrogens (tertiary/aromatic N) is 1. The van der Waals surface area contributed by atoms with Crippen LogP contribution in [0.3, 0.4) is 0 Å². The van der Waals surface area contributed by atoms with Gasteiger partial charge in [0.1, 0.15) is 0 Å². The molecule has 0 aliphatic carbocycles. The molecule has 0 radical (unpaired) electrons. The zero-order valence-corrected chi connectivity index (χ0v) is 15.0. The fourth-order valence-electron chi connectivity index (χ4n) is 3.39. The predicted molar refractivity (Wildman–Crippen MR) is 98.4 cm³/mol. The Labute approximate surface area is 151 Å². The normalized spacial score (nSPS) is 22.0. The Bertz CT molecular complexity index is 466. The number of benzene rings is 1. The van der Waals surface area contributed by atoms with E-state index in [1.807, 2.05) is 6.07 Å². The van der Waals surface area contributed by atoms with Crippen molar-refractivity contribution in [2.45, 2.75) is 44.3 Å². The van der Waals surface area contributed by atoms with E-state index in [0.717, 1.165) is 51.9 Å². The van der Waals surface area contributed by atoms with Crippen molar-refractivity contribution in [3.05, 3.63) is 35.9 Å². The molecule has 23 heavy (non-hydrogen) atoms. The van der Waals surface area contributed by atoms with E-state index in [1.165, 1.54) is 5.56 Å². The highest BCUT2D eigenvalue weighted by atomic mass is 35.5. The van der Waals surface area contributed by atoms with Gasteiger partial charge in [-0.2, -0.15) is 0 Å². The fourth-order valence-corrected chi connectivity index (χ4v) is 3.39. The molecule has 4 nitrogen and oxygen atoms in total. The molecule has 130 valence electrons. The summed E-state index contributed by atoms with van der Waals surface area (Å²) < 4.78 is 0. The van der Waals surface area contributed by atoms with Gasteiger partial charge in [0.15, 0.2) is 0 Å². The van der Waals surface area contributed by atoms with E-state index in [2.05, 4.69) is 39.8 Å². The van der Waals surface area contributed by atoms with Gasteiger partial charge in [0.05, 0.1) is 6.04 Å². The van der Waals surface area contributed by atoms with Crippen molar-refractivity contribution in [3.63, 3.8) is 0 Å². The summed E-state index contributed by atoms with van der Waals surface area (Å²) in [4.78, 5) is 14.9. The molecule has 1 atom stereocenters. The Balaban J connectivity index is 0.00000132. The summed E-state index contributed by atoms with van der Waals surface area (Å²) in [6, 6.07) is 10.9. The second-order valence-electron chi connectivity index (χ2n) is 6.15. The van der Waals surface area contributed by atoms with E-state index in [1.54, 1.807) is 0 Å². The van der Waals surface area contributed by atoms with Gasteiger partial charge in [0, 0.05) is 12.6 Å². The van der Waals surface area contributed by atoms with Crippen LogP contribution in [0.4, 0.5) is 0 Å². The van der Waals surface area contributed by atoms with Gasteiger partial charge < -0.3 is 10.6 Å². The van der Waals surface area contributed by atoms with Crippen LogP contribution in [0.2, 0.25) is 0 Å². The lowest BCUT2D eigenvalue weighted by molar-refractivity contribution is -0.126. The monoisotopic (exact) mass is 359 g/mol. The molecule has 0 bridgehead atoms. The van der Waals surface area contributed by atoms with E-state index in [4.69, 9.17) is 0 Å². The van der Waals surface area contributed by atoms with Gasteiger partial charge in [-0.05, 0) is 50.9 Å². The van der Waals surface area contributed by atoms with Crippen molar-refractivity contribution >= 4 is 30.7 Å². The number of hydrogen-bond donors (Lipinski definition) is 2. The number of amides is 1. The number of piperidine rings is 1. The second-order valence-corrected chi connectivity index (χ2v) is 6.15. The Morgan fingerprint density at radius 1 is 1.13 bits per heavy atom. The molecule has 1 aromatic rings. The summed E-state index contributed by atoms with van der Waals surface area (Å²) in [5.74, 6) is 0.232. The third kappa shape index (κ3) is 5.64. The quantitative estimate of drug-likeness (QED) is 0.867. The molecule has 1 aromatic carbocycles. The molecule has 0 saturated carbocycles. The van der Waals surface area contributed by atoms with Crippen LogP contribution in [-0.2, 0) is 11.3 Å². The molecule has 6 heteroatoms. The van der Waals surface area contributed by atoms with Crippen molar-refractivity contribution in [2.75, 3.05) is 19.6 Å². The van der Waals surface area contributed by atoms with Crippen LogP contribution < -0.4 is 10.6 Å². The van der Waals surface area contributed by atoms with E-state index < -0.39 is 0 Å².